The number of carbonyl (C=O) groups is 2. The number of carbonyl (C=O) groups excluding carboxylic acids is 2. The summed E-state index contributed by atoms with van der Waals surface area (Å²) in [5.74, 6) is 0.387. The van der Waals surface area contributed by atoms with E-state index in [0.717, 1.165) is 30.7 Å². The lowest BCUT2D eigenvalue weighted by Gasteiger charge is -2.27. The first-order valence-electron chi connectivity index (χ1n) is 7.41. The highest BCUT2D eigenvalue weighted by Gasteiger charge is 2.30. The second-order valence-electron chi connectivity index (χ2n) is 5.66. The molecule has 0 spiro atoms. The summed E-state index contributed by atoms with van der Waals surface area (Å²) in [6, 6.07) is 7.90. The van der Waals surface area contributed by atoms with Crippen LogP contribution in [0.4, 0.5) is 0 Å². The third-order valence-electron chi connectivity index (χ3n) is 3.88. The Morgan fingerprint density at radius 2 is 2.18 bits per heavy atom. The van der Waals surface area contributed by atoms with Crippen molar-refractivity contribution >= 4 is 11.8 Å². The number of likely N-dealkylation sites (N-methyl/N-ethyl adjacent to an activating group) is 1. The average Bonchev–Trinajstić information content (AvgIpc) is 2.95. The molecule has 1 saturated heterocycles. The van der Waals surface area contributed by atoms with Crippen LogP contribution in [0.25, 0.3) is 0 Å². The molecule has 0 aliphatic carbocycles. The van der Waals surface area contributed by atoms with Crippen LogP contribution in [-0.2, 0) is 9.59 Å². The van der Waals surface area contributed by atoms with Gasteiger partial charge in [0.15, 0.2) is 0 Å². The van der Waals surface area contributed by atoms with Gasteiger partial charge < -0.3 is 15.4 Å². The van der Waals surface area contributed by atoms with E-state index in [-0.39, 0.29) is 25.0 Å². The minimum absolute atomic E-state index is 0.0223. The number of nitrogens with two attached hydrogens (primary N) is 1. The Labute approximate surface area is 130 Å². The minimum Gasteiger partial charge on any atom is -0.497 e. The number of methoxy groups -OCH3 is 1. The van der Waals surface area contributed by atoms with Crippen molar-refractivity contribution in [3.05, 3.63) is 29.8 Å². The van der Waals surface area contributed by atoms with Crippen molar-refractivity contribution < 1.29 is 14.3 Å². The monoisotopic (exact) mass is 305 g/mol. The van der Waals surface area contributed by atoms with E-state index in [0.29, 0.717) is 0 Å². The molecule has 1 fully saturated rings. The summed E-state index contributed by atoms with van der Waals surface area (Å²) >= 11 is 0. The van der Waals surface area contributed by atoms with Crippen LogP contribution in [0, 0.1) is 0 Å². The molecule has 1 aromatic rings. The molecule has 0 aromatic heterocycles. The Bertz CT molecular complexity index is 547. The lowest BCUT2D eigenvalue weighted by atomic mass is 10.0. The summed E-state index contributed by atoms with van der Waals surface area (Å²) in [5.41, 5.74) is 6.24. The number of hydrogen-bond acceptors (Lipinski definition) is 4. The Morgan fingerprint density at radius 1 is 1.41 bits per heavy atom. The molecule has 1 aromatic carbocycles. The van der Waals surface area contributed by atoms with Gasteiger partial charge in [-0.15, -0.1) is 0 Å². The van der Waals surface area contributed by atoms with Gasteiger partial charge in [0.1, 0.15) is 5.75 Å². The molecule has 6 heteroatoms. The molecule has 1 aliphatic rings. The molecule has 2 N–H and O–H groups in total. The maximum absolute atomic E-state index is 12.5. The van der Waals surface area contributed by atoms with Gasteiger partial charge in [0.25, 0.3) is 0 Å². The lowest BCUT2D eigenvalue weighted by Crippen LogP contribution is -2.41. The van der Waals surface area contributed by atoms with Gasteiger partial charge in [0.05, 0.1) is 26.2 Å². The van der Waals surface area contributed by atoms with E-state index in [9.17, 15) is 9.59 Å². The second kappa shape index (κ2) is 7.26. The first-order chi connectivity index (χ1) is 10.5. The number of rotatable bonds is 6. The summed E-state index contributed by atoms with van der Waals surface area (Å²) in [7, 11) is 3.36. The Kier molecular flexibility index (Phi) is 5.38. The number of benzene rings is 1. The molecule has 0 bridgehead atoms. The van der Waals surface area contributed by atoms with Crippen molar-refractivity contribution in [2.45, 2.75) is 18.9 Å². The van der Waals surface area contributed by atoms with Gasteiger partial charge >= 0.3 is 0 Å². The first kappa shape index (κ1) is 16.3. The summed E-state index contributed by atoms with van der Waals surface area (Å²) < 4.78 is 5.26. The van der Waals surface area contributed by atoms with Crippen LogP contribution >= 0.6 is 0 Å². The molecular formula is C16H23N3O3. The molecule has 0 radical (unpaired) electrons. The fourth-order valence-electron chi connectivity index (χ4n) is 2.90. The van der Waals surface area contributed by atoms with E-state index >= 15 is 0 Å². The number of hydrogen-bond donors (Lipinski definition) is 1. The first-order valence-corrected chi connectivity index (χ1v) is 7.41. The fourth-order valence-corrected chi connectivity index (χ4v) is 2.90. The molecule has 6 nitrogen and oxygen atoms in total. The summed E-state index contributed by atoms with van der Waals surface area (Å²) in [4.78, 5) is 26.9. The predicted octanol–water partition coefficient (Wildman–Crippen LogP) is 0.776. The minimum atomic E-state index is -0.430. The Morgan fingerprint density at radius 3 is 2.86 bits per heavy atom. The number of likely N-dealkylation sites (tertiary alicyclic amines) is 1. The Hall–Kier alpha value is -2.08. The Balaban J connectivity index is 2.06. The zero-order chi connectivity index (χ0) is 16.1. The van der Waals surface area contributed by atoms with Crippen molar-refractivity contribution in [2.24, 2.45) is 5.73 Å². The van der Waals surface area contributed by atoms with Crippen molar-refractivity contribution in [1.29, 1.82) is 0 Å². The zero-order valence-corrected chi connectivity index (χ0v) is 13.1. The van der Waals surface area contributed by atoms with Gasteiger partial charge in [-0.2, -0.15) is 0 Å². The van der Waals surface area contributed by atoms with Crippen LogP contribution < -0.4 is 10.5 Å². The molecule has 2 rings (SSSR count). The molecule has 2 amide bonds. The maximum Gasteiger partial charge on any atom is 0.237 e. The summed E-state index contributed by atoms with van der Waals surface area (Å²) in [6.07, 6.45) is 1.92. The predicted molar refractivity (Wildman–Crippen MR) is 83.4 cm³/mol. The zero-order valence-electron chi connectivity index (χ0n) is 13.1. The van der Waals surface area contributed by atoms with E-state index in [1.807, 2.05) is 29.2 Å². The number of primary amides is 1. The highest BCUT2D eigenvalue weighted by atomic mass is 16.5. The van der Waals surface area contributed by atoms with Crippen LogP contribution in [0.3, 0.4) is 0 Å². The van der Waals surface area contributed by atoms with Crippen molar-refractivity contribution in [1.82, 2.24) is 9.80 Å². The topological polar surface area (TPSA) is 75.9 Å². The summed E-state index contributed by atoms with van der Waals surface area (Å²) in [6.45, 7) is 1.03. The van der Waals surface area contributed by atoms with Crippen LogP contribution in [0.2, 0.25) is 0 Å². The van der Waals surface area contributed by atoms with Gasteiger partial charge in [-0.05, 0) is 37.6 Å². The SMILES string of the molecule is COc1cccc([C@@H]2CCCN2C(=O)CN(C)CC(N)=O)c1. The third kappa shape index (κ3) is 3.98. The quantitative estimate of drug-likeness (QED) is 0.842. The van der Waals surface area contributed by atoms with E-state index in [2.05, 4.69) is 0 Å². The highest BCUT2D eigenvalue weighted by Crippen LogP contribution is 2.33. The van der Waals surface area contributed by atoms with Gasteiger partial charge in [-0.1, -0.05) is 12.1 Å². The van der Waals surface area contributed by atoms with E-state index in [1.165, 1.54) is 0 Å². The molecule has 0 saturated carbocycles. The van der Waals surface area contributed by atoms with Crippen LogP contribution in [-0.4, -0.2) is 55.4 Å². The second-order valence-corrected chi connectivity index (χ2v) is 5.66. The van der Waals surface area contributed by atoms with Crippen molar-refractivity contribution in [3.8, 4) is 5.75 Å². The lowest BCUT2D eigenvalue weighted by molar-refractivity contribution is -0.133. The van der Waals surface area contributed by atoms with Gasteiger partial charge in [0, 0.05) is 6.54 Å². The van der Waals surface area contributed by atoms with E-state index < -0.39 is 5.91 Å². The maximum atomic E-state index is 12.5. The normalized spacial score (nSPS) is 17.8. The van der Waals surface area contributed by atoms with Crippen LogP contribution in [0.5, 0.6) is 5.75 Å². The molecule has 1 heterocycles. The standard InChI is InChI=1S/C16H23N3O3/c1-18(10-15(17)20)11-16(21)19-8-4-7-14(19)12-5-3-6-13(9-12)22-2/h3,5-6,9,14H,4,7-8,10-11H2,1-2H3,(H2,17,20)/t14-/m0/s1. The largest absolute Gasteiger partial charge is 0.497 e. The third-order valence-corrected chi connectivity index (χ3v) is 3.88. The number of nitrogens with zero attached hydrogens (tertiary/aromatic N) is 2. The molecule has 1 aliphatic heterocycles. The summed E-state index contributed by atoms with van der Waals surface area (Å²) in [5, 5.41) is 0. The molecule has 120 valence electrons. The van der Waals surface area contributed by atoms with Gasteiger partial charge in [-0.25, -0.2) is 0 Å². The fraction of sp³-hybridized carbons (Fsp3) is 0.500. The molecule has 22 heavy (non-hydrogen) atoms. The van der Waals surface area contributed by atoms with Crippen LogP contribution in [0.15, 0.2) is 24.3 Å². The van der Waals surface area contributed by atoms with Crippen LogP contribution in [0.1, 0.15) is 24.4 Å². The van der Waals surface area contributed by atoms with Crippen molar-refractivity contribution in [2.75, 3.05) is 33.8 Å². The van der Waals surface area contributed by atoms with E-state index in [1.54, 1.807) is 19.1 Å². The van der Waals surface area contributed by atoms with Gasteiger partial charge in [-0.3, -0.25) is 14.5 Å². The van der Waals surface area contributed by atoms with Crippen molar-refractivity contribution in [3.63, 3.8) is 0 Å². The molecule has 0 unspecified atom stereocenters. The molecule has 1 atom stereocenters. The average molecular weight is 305 g/mol. The number of ether oxygens (including phenoxy) is 1. The van der Waals surface area contributed by atoms with E-state index in [4.69, 9.17) is 10.5 Å². The number of amides is 2. The smallest absolute Gasteiger partial charge is 0.237 e. The highest BCUT2D eigenvalue weighted by molar-refractivity contribution is 5.81. The van der Waals surface area contributed by atoms with Gasteiger partial charge in [0.2, 0.25) is 11.8 Å². The molecular weight excluding hydrogens is 282 g/mol.